The molecule has 0 saturated carbocycles. The highest BCUT2D eigenvalue weighted by molar-refractivity contribution is 6.31. The first kappa shape index (κ1) is 26.1. The monoisotopic (exact) mass is 520 g/mol. The number of carbonyl (C=O) groups excluding carboxylic acids is 1. The summed E-state index contributed by atoms with van der Waals surface area (Å²) >= 11 is 12.0. The summed E-state index contributed by atoms with van der Waals surface area (Å²) in [6.07, 6.45) is -5.24. The number of piperidine rings is 1. The van der Waals surface area contributed by atoms with Crippen LogP contribution in [-0.2, 0) is 10.3 Å². The average Bonchev–Trinajstić information content (AvgIpc) is 2.77. The number of hydrogen-bond acceptors (Lipinski definition) is 5. The second-order valence-electron chi connectivity index (χ2n) is 7.96. The standard InChI is InChI=1S/C22H21Cl2F3N2O5/c1-12(21(33,22(25,26)27)14-4-7-28-18(24)11-14)16-3-2-13(10-17(16)23)19(30)29-8-5-15(6-9-29)34-20(31)32/h2-4,7,10-12,15,33H,5-6,8-9H2,1H3,(H,31,32). The van der Waals surface area contributed by atoms with E-state index in [-0.39, 0.29) is 34.4 Å². The number of rotatable bonds is 5. The lowest BCUT2D eigenvalue weighted by molar-refractivity contribution is -0.274. The van der Waals surface area contributed by atoms with Crippen LogP contribution in [0.5, 0.6) is 0 Å². The highest BCUT2D eigenvalue weighted by atomic mass is 35.5. The van der Waals surface area contributed by atoms with Crippen molar-refractivity contribution in [1.29, 1.82) is 0 Å². The molecule has 0 spiro atoms. The van der Waals surface area contributed by atoms with Crippen LogP contribution in [0.25, 0.3) is 0 Å². The Morgan fingerprint density at radius 3 is 2.35 bits per heavy atom. The fraction of sp³-hybridized carbons (Fsp3) is 0.409. The van der Waals surface area contributed by atoms with Gasteiger partial charge in [0.15, 0.2) is 5.60 Å². The van der Waals surface area contributed by atoms with Gasteiger partial charge in [0.25, 0.3) is 5.91 Å². The Balaban J connectivity index is 1.85. The molecule has 12 heteroatoms. The summed E-state index contributed by atoms with van der Waals surface area (Å²) in [5.74, 6) is -1.95. The number of ether oxygens (including phenoxy) is 1. The van der Waals surface area contributed by atoms with E-state index in [0.717, 1.165) is 18.3 Å². The molecule has 1 saturated heterocycles. The number of benzene rings is 1. The lowest BCUT2D eigenvalue weighted by Gasteiger charge is -2.37. The Labute approximate surface area is 203 Å². The molecular weight excluding hydrogens is 500 g/mol. The number of likely N-dealkylation sites (tertiary alicyclic amines) is 1. The minimum Gasteiger partial charge on any atom is -0.450 e. The number of hydrogen-bond donors (Lipinski definition) is 2. The Bertz CT molecular complexity index is 1080. The minimum absolute atomic E-state index is 0.0143. The van der Waals surface area contributed by atoms with E-state index in [2.05, 4.69) is 4.98 Å². The Morgan fingerprint density at radius 2 is 1.82 bits per heavy atom. The maximum Gasteiger partial charge on any atom is 0.506 e. The van der Waals surface area contributed by atoms with Gasteiger partial charge in [-0.1, -0.05) is 36.2 Å². The molecule has 1 aliphatic heterocycles. The van der Waals surface area contributed by atoms with E-state index in [1.165, 1.54) is 30.0 Å². The molecule has 2 atom stereocenters. The summed E-state index contributed by atoms with van der Waals surface area (Å²) in [4.78, 5) is 28.6. The number of aromatic nitrogens is 1. The van der Waals surface area contributed by atoms with Gasteiger partial charge in [-0.15, -0.1) is 0 Å². The number of pyridine rings is 1. The zero-order valence-corrected chi connectivity index (χ0v) is 19.4. The summed E-state index contributed by atoms with van der Waals surface area (Å²) in [7, 11) is 0. The molecule has 184 valence electrons. The van der Waals surface area contributed by atoms with Gasteiger partial charge in [-0.25, -0.2) is 9.78 Å². The van der Waals surface area contributed by atoms with Crippen LogP contribution < -0.4 is 0 Å². The second kappa shape index (κ2) is 9.97. The number of carboxylic acid groups (broad SMARTS) is 1. The van der Waals surface area contributed by atoms with E-state index < -0.39 is 41.4 Å². The number of alkyl halides is 3. The third kappa shape index (κ3) is 5.24. The maximum absolute atomic E-state index is 14.1. The molecule has 34 heavy (non-hydrogen) atoms. The van der Waals surface area contributed by atoms with Gasteiger partial charge in [-0.2, -0.15) is 13.2 Å². The molecule has 1 fully saturated rings. The molecule has 0 bridgehead atoms. The van der Waals surface area contributed by atoms with E-state index in [1.54, 1.807) is 0 Å². The van der Waals surface area contributed by atoms with Crippen molar-refractivity contribution in [2.24, 2.45) is 0 Å². The van der Waals surface area contributed by atoms with Gasteiger partial charge in [0.1, 0.15) is 11.3 Å². The van der Waals surface area contributed by atoms with Gasteiger partial charge >= 0.3 is 12.3 Å². The Morgan fingerprint density at radius 1 is 1.18 bits per heavy atom. The first-order chi connectivity index (χ1) is 15.8. The maximum atomic E-state index is 14.1. The number of carbonyl (C=O) groups is 2. The van der Waals surface area contributed by atoms with Crippen molar-refractivity contribution in [3.8, 4) is 0 Å². The molecule has 1 aliphatic rings. The van der Waals surface area contributed by atoms with E-state index in [9.17, 15) is 27.9 Å². The summed E-state index contributed by atoms with van der Waals surface area (Å²) in [5.41, 5.74) is -3.67. The van der Waals surface area contributed by atoms with Gasteiger partial charge in [0.05, 0.1) is 0 Å². The molecule has 1 amide bonds. The fourth-order valence-corrected chi connectivity index (χ4v) is 4.56. The molecule has 1 aromatic carbocycles. The number of aliphatic hydroxyl groups is 1. The van der Waals surface area contributed by atoms with Gasteiger partial charge in [-0.3, -0.25) is 4.79 Å². The fourth-order valence-electron chi connectivity index (χ4n) is 4.04. The summed E-state index contributed by atoms with van der Waals surface area (Å²) < 4.78 is 47.0. The second-order valence-corrected chi connectivity index (χ2v) is 8.76. The van der Waals surface area contributed by atoms with Crippen LogP contribution in [0, 0.1) is 0 Å². The molecule has 0 radical (unpaired) electrons. The van der Waals surface area contributed by atoms with E-state index >= 15 is 0 Å². The third-order valence-electron chi connectivity index (χ3n) is 5.94. The summed E-state index contributed by atoms with van der Waals surface area (Å²) in [5, 5.41) is 19.2. The minimum atomic E-state index is -5.07. The van der Waals surface area contributed by atoms with E-state index in [1.807, 2.05) is 0 Å². The predicted octanol–water partition coefficient (Wildman–Crippen LogP) is 5.24. The number of amides is 1. The third-order valence-corrected chi connectivity index (χ3v) is 6.47. The van der Waals surface area contributed by atoms with Crippen LogP contribution in [0.1, 0.15) is 47.2 Å². The van der Waals surface area contributed by atoms with Crippen LogP contribution in [0.3, 0.4) is 0 Å². The summed E-state index contributed by atoms with van der Waals surface area (Å²) in [6, 6.07) is 5.84. The molecule has 3 rings (SSSR count). The quantitative estimate of drug-likeness (QED) is 0.413. The number of nitrogens with zero attached hydrogens (tertiary/aromatic N) is 2. The normalized spacial score (nSPS) is 17.7. The first-order valence-electron chi connectivity index (χ1n) is 10.2. The zero-order valence-electron chi connectivity index (χ0n) is 17.9. The molecule has 0 aliphatic carbocycles. The number of halogens is 5. The van der Waals surface area contributed by atoms with Crippen molar-refractivity contribution in [3.05, 3.63) is 63.4 Å². The largest absolute Gasteiger partial charge is 0.506 e. The van der Waals surface area contributed by atoms with Crippen LogP contribution in [0.15, 0.2) is 36.5 Å². The smallest absolute Gasteiger partial charge is 0.450 e. The summed E-state index contributed by atoms with van der Waals surface area (Å²) in [6.45, 7) is 1.68. The predicted molar refractivity (Wildman–Crippen MR) is 117 cm³/mol. The van der Waals surface area contributed by atoms with Crippen molar-refractivity contribution in [3.63, 3.8) is 0 Å². The van der Waals surface area contributed by atoms with E-state index in [4.69, 9.17) is 33.0 Å². The topological polar surface area (TPSA) is 100.0 Å². The first-order valence-corrected chi connectivity index (χ1v) is 11.0. The zero-order chi connectivity index (χ0) is 25.3. The highest BCUT2D eigenvalue weighted by Gasteiger charge is 2.59. The molecule has 2 unspecified atom stereocenters. The van der Waals surface area contributed by atoms with Crippen molar-refractivity contribution >= 4 is 35.3 Å². The lowest BCUT2D eigenvalue weighted by Crippen LogP contribution is -2.46. The SMILES string of the molecule is CC(c1ccc(C(=O)N2CCC(OC(=O)O)CC2)cc1Cl)C(O)(c1ccnc(Cl)c1)C(F)(F)F. The van der Waals surface area contributed by atoms with Crippen LogP contribution in [-0.4, -0.2) is 57.5 Å². The molecule has 7 nitrogen and oxygen atoms in total. The highest BCUT2D eigenvalue weighted by Crippen LogP contribution is 2.50. The van der Waals surface area contributed by atoms with Crippen molar-refractivity contribution < 1.29 is 37.7 Å². The van der Waals surface area contributed by atoms with Gasteiger partial charge in [0, 0.05) is 48.6 Å². The van der Waals surface area contributed by atoms with Crippen molar-refractivity contribution in [2.75, 3.05) is 13.1 Å². The average molecular weight is 521 g/mol. The van der Waals surface area contributed by atoms with Crippen LogP contribution in [0.2, 0.25) is 10.2 Å². The van der Waals surface area contributed by atoms with Gasteiger partial charge in [0.2, 0.25) is 0 Å². The van der Waals surface area contributed by atoms with Crippen LogP contribution in [0.4, 0.5) is 18.0 Å². The van der Waals surface area contributed by atoms with E-state index in [0.29, 0.717) is 12.8 Å². The molecule has 1 aromatic heterocycles. The van der Waals surface area contributed by atoms with Crippen molar-refractivity contribution in [2.45, 2.75) is 43.6 Å². The lowest BCUT2D eigenvalue weighted by atomic mass is 9.78. The Hall–Kier alpha value is -2.56. The molecule has 2 heterocycles. The van der Waals surface area contributed by atoms with Crippen LogP contribution >= 0.6 is 23.2 Å². The Kier molecular flexibility index (Phi) is 7.64. The molecular formula is C22H21Cl2F3N2O5. The van der Waals surface area contributed by atoms with Crippen molar-refractivity contribution in [1.82, 2.24) is 9.88 Å². The van der Waals surface area contributed by atoms with Gasteiger partial charge < -0.3 is 19.8 Å². The molecule has 2 N–H and O–H groups in total. The van der Waals surface area contributed by atoms with Gasteiger partial charge in [-0.05, 0) is 35.4 Å². The molecule has 2 aromatic rings.